The minimum absolute atomic E-state index is 0.0688. The van der Waals surface area contributed by atoms with Crippen molar-refractivity contribution in [3.8, 4) is 0 Å². The standard InChI is InChI=1S/C13H20N8/c1-6(12-17-7(2)20-21-12)16-11-5-10(18-13(15)19-11)8-3-9(14)4-8/h5-6,8-9H,3-4,14H2,1-2H3,(H,17,20,21)(H3,15,16,18,19)/t6-,8?,9?/m0/s1. The maximum Gasteiger partial charge on any atom is 0.222 e. The first-order chi connectivity index (χ1) is 10.0. The summed E-state index contributed by atoms with van der Waals surface area (Å²) in [5.41, 5.74) is 12.6. The first kappa shape index (κ1) is 13.7. The predicted octanol–water partition coefficient (Wildman–Crippen LogP) is 0.863. The summed E-state index contributed by atoms with van der Waals surface area (Å²) in [6, 6.07) is 2.14. The third kappa shape index (κ3) is 2.94. The summed E-state index contributed by atoms with van der Waals surface area (Å²) in [6.07, 6.45) is 1.90. The van der Waals surface area contributed by atoms with Crippen LogP contribution in [0.5, 0.6) is 0 Å². The molecule has 21 heavy (non-hydrogen) atoms. The number of hydrogen-bond acceptors (Lipinski definition) is 7. The lowest BCUT2D eigenvalue weighted by molar-refractivity contribution is 0.345. The number of rotatable bonds is 4. The molecule has 8 nitrogen and oxygen atoms in total. The van der Waals surface area contributed by atoms with Gasteiger partial charge in [0.1, 0.15) is 11.6 Å². The maximum atomic E-state index is 5.83. The van der Waals surface area contributed by atoms with Crippen LogP contribution in [0.15, 0.2) is 6.07 Å². The predicted molar refractivity (Wildman–Crippen MR) is 79.6 cm³/mol. The van der Waals surface area contributed by atoms with Gasteiger partial charge in [-0.25, -0.2) is 9.97 Å². The van der Waals surface area contributed by atoms with Crippen LogP contribution in [0.4, 0.5) is 11.8 Å². The van der Waals surface area contributed by atoms with Crippen LogP contribution in [0, 0.1) is 6.92 Å². The number of nitrogens with one attached hydrogen (secondary N) is 2. The second-order valence-corrected chi connectivity index (χ2v) is 5.61. The van der Waals surface area contributed by atoms with Gasteiger partial charge in [0.2, 0.25) is 5.95 Å². The lowest BCUT2D eigenvalue weighted by Crippen LogP contribution is -2.35. The Morgan fingerprint density at radius 3 is 2.71 bits per heavy atom. The van der Waals surface area contributed by atoms with Crippen molar-refractivity contribution in [2.45, 2.75) is 44.7 Å². The Hall–Kier alpha value is -2.22. The molecule has 8 heteroatoms. The van der Waals surface area contributed by atoms with Crippen LogP contribution < -0.4 is 16.8 Å². The number of nitrogens with two attached hydrogens (primary N) is 2. The Labute approximate surface area is 122 Å². The molecule has 6 N–H and O–H groups in total. The number of anilines is 2. The molecule has 112 valence electrons. The summed E-state index contributed by atoms with van der Waals surface area (Å²) in [5, 5.41) is 10.2. The van der Waals surface area contributed by atoms with E-state index in [-0.39, 0.29) is 18.0 Å². The van der Waals surface area contributed by atoms with Gasteiger partial charge >= 0.3 is 0 Å². The Balaban J connectivity index is 1.75. The summed E-state index contributed by atoms with van der Waals surface area (Å²) in [7, 11) is 0. The number of nitrogen functional groups attached to an aromatic ring is 1. The van der Waals surface area contributed by atoms with E-state index in [1.54, 1.807) is 0 Å². The van der Waals surface area contributed by atoms with Crippen LogP contribution in [-0.4, -0.2) is 31.2 Å². The normalized spacial score (nSPS) is 22.6. The maximum absolute atomic E-state index is 5.83. The zero-order valence-corrected chi connectivity index (χ0v) is 12.2. The average molecular weight is 288 g/mol. The van der Waals surface area contributed by atoms with Crippen LogP contribution in [-0.2, 0) is 0 Å². The topological polar surface area (TPSA) is 131 Å². The molecule has 0 aromatic carbocycles. The number of H-pyrrole nitrogens is 1. The SMILES string of the molecule is Cc1nc([C@H](C)Nc2cc(C3CC(N)C3)nc(N)n2)n[nH]1. The smallest absolute Gasteiger partial charge is 0.222 e. The van der Waals surface area contributed by atoms with E-state index in [9.17, 15) is 0 Å². The monoisotopic (exact) mass is 288 g/mol. The number of aromatic amines is 1. The Bertz CT molecular complexity index is 631. The Kier molecular flexibility index (Phi) is 3.46. The van der Waals surface area contributed by atoms with Crippen LogP contribution in [0.25, 0.3) is 0 Å². The summed E-state index contributed by atoms with van der Waals surface area (Å²) >= 11 is 0. The molecular formula is C13H20N8. The molecule has 2 aromatic rings. The van der Waals surface area contributed by atoms with E-state index >= 15 is 0 Å². The largest absolute Gasteiger partial charge is 0.368 e. The molecule has 1 saturated carbocycles. The van der Waals surface area contributed by atoms with Gasteiger partial charge in [0.15, 0.2) is 5.82 Å². The molecule has 0 aliphatic heterocycles. The van der Waals surface area contributed by atoms with Crippen LogP contribution in [0.2, 0.25) is 0 Å². The van der Waals surface area contributed by atoms with Crippen molar-refractivity contribution < 1.29 is 0 Å². The zero-order chi connectivity index (χ0) is 15.0. The molecular weight excluding hydrogens is 268 g/mol. The lowest BCUT2D eigenvalue weighted by atomic mass is 9.78. The molecule has 0 saturated heterocycles. The molecule has 2 heterocycles. The van der Waals surface area contributed by atoms with Crippen LogP contribution >= 0.6 is 0 Å². The Morgan fingerprint density at radius 1 is 1.33 bits per heavy atom. The van der Waals surface area contributed by atoms with Crippen molar-refractivity contribution in [3.63, 3.8) is 0 Å². The highest BCUT2D eigenvalue weighted by atomic mass is 15.2. The highest BCUT2D eigenvalue weighted by Crippen LogP contribution is 2.35. The fraction of sp³-hybridized carbons (Fsp3) is 0.538. The van der Waals surface area contributed by atoms with E-state index in [1.165, 1.54) is 0 Å². The second kappa shape index (κ2) is 5.28. The number of aryl methyl sites for hydroxylation is 1. The van der Waals surface area contributed by atoms with Crippen molar-refractivity contribution in [2.75, 3.05) is 11.1 Å². The van der Waals surface area contributed by atoms with Gasteiger partial charge in [-0.3, -0.25) is 5.10 Å². The van der Waals surface area contributed by atoms with E-state index in [2.05, 4.69) is 30.5 Å². The first-order valence-electron chi connectivity index (χ1n) is 7.06. The molecule has 1 atom stereocenters. The van der Waals surface area contributed by atoms with Crippen molar-refractivity contribution in [1.82, 2.24) is 25.1 Å². The minimum Gasteiger partial charge on any atom is -0.368 e. The third-order valence-corrected chi connectivity index (χ3v) is 3.72. The van der Waals surface area contributed by atoms with Crippen molar-refractivity contribution in [2.24, 2.45) is 5.73 Å². The van der Waals surface area contributed by atoms with E-state index in [1.807, 2.05) is 19.9 Å². The molecule has 3 rings (SSSR count). The van der Waals surface area contributed by atoms with E-state index < -0.39 is 0 Å². The van der Waals surface area contributed by atoms with E-state index in [0.717, 1.165) is 24.4 Å². The fourth-order valence-corrected chi connectivity index (χ4v) is 2.51. The Morgan fingerprint density at radius 2 is 2.10 bits per heavy atom. The lowest BCUT2D eigenvalue weighted by Gasteiger charge is -2.32. The van der Waals surface area contributed by atoms with E-state index in [4.69, 9.17) is 11.5 Å². The van der Waals surface area contributed by atoms with Gasteiger partial charge in [-0.1, -0.05) is 0 Å². The molecule has 0 unspecified atom stereocenters. The highest BCUT2D eigenvalue weighted by Gasteiger charge is 2.29. The van der Waals surface area contributed by atoms with Crippen LogP contribution in [0.3, 0.4) is 0 Å². The molecule has 0 amide bonds. The summed E-state index contributed by atoms with van der Waals surface area (Å²) in [6.45, 7) is 3.84. The quantitative estimate of drug-likeness (QED) is 0.656. The molecule has 1 aliphatic rings. The van der Waals surface area contributed by atoms with Crippen LogP contribution in [0.1, 0.15) is 49.1 Å². The van der Waals surface area contributed by atoms with Gasteiger partial charge in [-0.15, -0.1) is 0 Å². The van der Waals surface area contributed by atoms with Crippen molar-refractivity contribution in [3.05, 3.63) is 23.4 Å². The number of nitrogens with zero attached hydrogens (tertiary/aromatic N) is 4. The number of aromatic nitrogens is 5. The van der Waals surface area contributed by atoms with Gasteiger partial charge in [-0.05, 0) is 26.7 Å². The number of hydrogen-bond donors (Lipinski definition) is 4. The van der Waals surface area contributed by atoms with Gasteiger partial charge < -0.3 is 16.8 Å². The average Bonchev–Trinajstić information content (AvgIpc) is 2.81. The molecule has 1 fully saturated rings. The molecule has 0 spiro atoms. The van der Waals surface area contributed by atoms with Gasteiger partial charge in [0.25, 0.3) is 0 Å². The zero-order valence-electron chi connectivity index (χ0n) is 12.2. The summed E-state index contributed by atoms with van der Waals surface area (Å²) in [5.74, 6) is 2.82. The van der Waals surface area contributed by atoms with Gasteiger partial charge in [0.05, 0.1) is 11.7 Å². The minimum atomic E-state index is -0.0688. The summed E-state index contributed by atoms with van der Waals surface area (Å²) in [4.78, 5) is 12.8. The second-order valence-electron chi connectivity index (χ2n) is 5.61. The first-order valence-corrected chi connectivity index (χ1v) is 7.06. The third-order valence-electron chi connectivity index (χ3n) is 3.72. The molecule has 0 bridgehead atoms. The van der Waals surface area contributed by atoms with Gasteiger partial charge in [0, 0.05) is 18.0 Å². The van der Waals surface area contributed by atoms with Crippen molar-refractivity contribution >= 4 is 11.8 Å². The fourth-order valence-electron chi connectivity index (χ4n) is 2.51. The molecule has 2 aromatic heterocycles. The molecule has 1 aliphatic carbocycles. The van der Waals surface area contributed by atoms with Crippen molar-refractivity contribution in [1.29, 1.82) is 0 Å². The van der Waals surface area contributed by atoms with Gasteiger partial charge in [-0.2, -0.15) is 10.1 Å². The summed E-state index contributed by atoms with van der Waals surface area (Å²) < 4.78 is 0. The molecule has 0 radical (unpaired) electrons. The van der Waals surface area contributed by atoms with E-state index in [0.29, 0.717) is 17.6 Å². The highest BCUT2D eigenvalue weighted by molar-refractivity contribution is 5.43.